The highest BCUT2D eigenvalue weighted by molar-refractivity contribution is 5.90. The molecule has 1 rings (SSSR count). The van der Waals surface area contributed by atoms with E-state index in [0.29, 0.717) is 18.8 Å². The Bertz CT molecular complexity index is 437. The summed E-state index contributed by atoms with van der Waals surface area (Å²) in [7, 11) is 1.63. The molecule has 0 atom stereocenters. The van der Waals surface area contributed by atoms with Crippen molar-refractivity contribution < 1.29 is 4.79 Å². The molecule has 1 heterocycles. The van der Waals surface area contributed by atoms with E-state index in [0.717, 1.165) is 0 Å². The molecule has 0 saturated heterocycles. The number of carbonyl (C=O) groups is 1. The molecule has 1 aromatic heterocycles. The van der Waals surface area contributed by atoms with Gasteiger partial charge in [0.15, 0.2) is 0 Å². The van der Waals surface area contributed by atoms with Gasteiger partial charge in [-0.25, -0.2) is 4.98 Å². The third kappa shape index (κ3) is 3.28. The van der Waals surface area contributed by atoms with Crippen molar-refractivity contribution in [1.29, 1.82) is 5.26 Å². The normalized spacial score (nSPS) is 11.0. The highest BCUT2D eigenvalue weighted by Crippen LogP contribution is 2.17. The van der Waals surface area contributed by atoms with Crippen LogP contribution >= 0.6 is 0 Å². The zero-order chi connectivity index (χ0) is 13.1. The van der Waals surface area contributed by atoms with Gasteiger partial charge in [0.05, 0.1) is 12.5 Å². The van der Waals surface area contributed by atoms with Gasteiger partial charge in [-0.1, -0.05) is 20.8 Å². The fraction of sp³-hybridized carbons (Fsp3) is 0.636. The van der Waals surface area contributed by atoms with Crippen molar-refractivity contribution in [2.75, 3.05) is 13.6 Å². The van der Waals surface area contributed by atoms with Gasteiger partial charge in [0.2, 0.25) is 5.82 Å². The topological polar surface area (TPSA) is 85.7 Å². The molecular weight excluding hydrogens is 218 g/mol. The Balaban J connectivity index is 2.77. The summed E-state index contributed by atoms with van der Waals surface area (Å²) in [6.45, 7) is 6.35. The lowest BCUT2D eigenvalue weighted by Gasteiger charge is -2.14. The van der Waals surface area contributed by atoms with Crippen molar-refractivity contribution in [1.82, 2.24) is 20.1 Å². The van der Waals surface area contributed by atoms with Gasteiger partial charge in [-0.05, 0) is 0 Å². The number of aromatic amines is 1. The largest absolute Gasteiger partial charge is 0.338 e. The van der Waals surface area contributed by atoms with E-state index in [1.807, 2.05) is 26.8 Å². The Hall–Kier alpha value is -1.90. The van der Waals surface area contributed by atoms with Gasteiger partial charge in [-0.15, -0.1) is 5.10 Å². The van der Waals surface area contributed by atoms with Crippen LogP contribution in [-0.4, -0.2) is 39.6 Å². The van der Waals surface area contributed by atoms with Crippen LogP contribution in [-0.2, 0) is 5.41 Å². The highest BCUT2D eigenvalue weighted by atomic mass is 16.2. The first kappa shape index (κ1) is 13.2. The van der Waals surface area contributed by atoms with Crippen molar-refractivity contribution >= 4 is 5.91 Å². The first-order valence-electron chi connectivity index (χ1n) is 5.41. The summed E-state index contributed by atoms with van der Waals surface area (Å²) < 4.78 is 0. The first-order valence-corrected chi connectivity index (χ1v) is 5.41. The van der Waals surface area contributed by atoms with Gasteiger partial charge in [0, 0.05) is 19.0 Å². The Morgan fingerprint density at radius 2 is 2.18 bits per heavy atom. The number of carbonyl (C=O) groups excluding carboxylic acids is 1. The Kier molecular flexibility index (Phi) is 3.84. The van der Waals surface area contributed by atoms with Crippen molar-refractivity contribution in [3.8, 4) is 6.07 Å². The number of amides is 1. The van der Waals surface area contributed by atoms with Crippen LogP contribution in [0.25, 0.3) is 0 Å². The molecule has 0 radical (unpaired) electrons. The molecule has 0 aromatic carbocycles. The van der Waals surface area contributed by atoms with Crippen LogP contribution in [0.2, 0.25) is 0 Å². The van der Waals surface area contributed by atoms with Crippen molar-refractivity contribution in [3.63, 3.8) is 0 Å². The SMILES string of the molecule is CN(CCC#N)C(=O)c1n[nH]c(C(C)(C)C)n1. The van der Waals surface area contributed by atoms with E-state index in [1.165, 1.54) is 4.90 Å². The summed E-state index contributed by atoms with van der Waals surface area (Å²) in [5.74, 6) is 0.553. The van der Waals surface area contributed by atoms with Gasteiger partial charge in [-0.3, -0.25) is 9.89 Å². The summed E-state index contributed by atoms with van der Waals surface area (Å²) in [6, 6.07) is 1.99. The second-order valence-corrected chi connectivity index (χ2v) is 4.89. The lowest BCUT2D eigenvalue weighted by atomic mass is 9.96. The number of nitrogens with one attached hydrogen (secondary N) is 1. The van der Waals surface area contributed by atoms with Gasteiger partial charge >= 0.3 is 0 Å². The second-order valence-electron chi connectivity index (χ2n) is 4.89. The number of rotatable bonds is 3. The second kappa shape index (κ2) is 4.95. The zero-order valence-corrected chi connectivity index (χ0v) is 10.6. The van der Waals surface area contributed by atoms with Gasteiger partial charge in [0.1, 0.15) is 5.82 Å². The minimum absolute atomic E-state index is 0.148. The molecule has 0 aliphatic rings. The van der Waals surface area contributed by atoms with Gasteiger partial charge in [0.25, 0.3) is 5.91 Å². The van der Waals surface area contributed by atoms with E-state index < -0.39 is 0 Å². The number of hydrogen-bond donors (Lipinski definition) is 1. The number of nitriles is 1. The van der Waals surface area contributed by atoms with E-state index in [9.17, 15) is 4.79 Å². The predicted molar refractivity (Wildman–Crippen MR) is 62.3 cm³/mol. The van der Waals surface area contributed by atoms with Crippen molar-refractivity contribution in [3.05, 3.63) is 11.6 Å². The summed E-state index contributed by atoms with van der Waals surface area (Å²) in [4.78, 5) is 17.5. The monoisotopic (exact) mass is 235 g/mol. The Morgan fingerprint density at radius 1 is 1.53 bits per heavy atom. The van der Waals surface area contributed by atoms with Crippen molar-refractivity contribution in [2.45, 2.75) is 32.6 Å². The van der Waals surface area contributed by atoms with Crippen LogP contribution in [0.3, 0.4) is 0 Å². The zero-order valence-electron chi connectivity index (χ0n) is 10.6. The molecule has 17 heavy (non-hydrogen) atoms. The summed E-state index contributed by atoms with van der Waals surface area (Å²) >= 11 is 0. The molecule has 0 fully saturated rings. The number of H-pyrrole nitrogens is 1. The molecule has 1 N–H and O–H groups in total. The molecular formula is C11H17N5O. The quantitative estimate of drug-likeness (QED) is 0.849. The molecule has 6 heteroatoms. The molecule has 1 amide bonds. The first-order chi connectivity index (χ1) is 7.86. The van der Waals surface area contributed by atoms with Crippen LogP contribution in [0.5, 0.6) is 0 Å². The Labute approximate surface area is 101 Å². The van der Waals surface area contributed by atoms with E-state index in [1.54, 1.807) is 7.05 Å². The van der Waals surface area contributed by atoms with Crippen LogP contribution in [0, 0.1) is 11.3 Å². The summed E-state index contributed by atoms with van der Waals surface area (Å²) in [5, 5.41) is 15.1. The van der Waals surface area contributed by atoms with Crippen LogP contribution < -0.4 is 0 Å². The lowest BCUT2D eigenvalue weighted by Crippen LogP contribution is -2.28. The Morgan fingerprint density at radius 3 is 2.65 bits per heavy atom. The lowest BCUT2D eigenvalue weighted by molar-refractivity contribution is 0.0786. The van der Waals surface area contributed by atoms with Gasteiger partial charge < -0.3 is 4.90 Å². The van der Waals surface area contributed by atoms with E-state index in [2.05, 4.69) is 15.2 Å². The number of nitrogens with zero attached hydrogens (tertiary/aromatic N) is 4. The maximum Gasteiger partial charge on any atom is 0.293 e. The molecule has 0 spiro atoms. The summed E-state index contributed by atoms with van der Waals surface area (Å²) in [5.41, 5.74) is -0.170. The molecule has 1 aromatic rings. The number of hydrogen-bond acceptors (Lipinski definition) is 4. The average Bonchev–Trinajstić information content (AvgIpc) is 2.73. The third-order valence-electron chi connectivity index (χ3n) is 2.29. The highest BCUT2D eigenvalue weighted by Gasteiger charge is 2.22. The van der Waals surface area contributed by atoms with E-state index in [4.69, 9.17) is 5.26 Å². The molecule has 6 nitrogen and oxygen atoms in total. The molecule has 0 saturated carbocycles. The van der Waals surface area contributed by atoms with Crippen molar-refractivity contribution in [2.24, 2.45) is 0 Å². The van der Waals surface area contributed by atoms with E-state index in [-0.39, 0.29) is 17.1 Å². The minimum Gasteiger partial charge on any atom is -0.338 e. The number of aromatic nitrogens is 3. The predicted octanol–water partition coefficient (Wildman–Crippen LogP) is 1.09. The fourth-order valence-corrected chi connectivity index (χ4v) is 1.18. The molecule has 0 aliphatic carbocycles. The fourth-order valence-electron chi connectivity index (χ4n) is 1.18. The minimum atomic E-state index is -0.271. The summed E-state index contributed by atoms with van der Waals surface area (Å²) in [6.07, 6.45) is 0.304. The van der Waals surface area contributed by atoms with Crippen LogP contribution in [0.4, 0.5) is 0 Å². The molecule has 0 bridgehead atoms. The maximum absolute atomic E-state index is 11.9. The standard InChI is InChI=1S/C11H17N5O/c1-11(2,3)10-13-8(14-15-10)9(17)16(4)7-5-6-12/h5,7H2,1-4H3,(H,13,14,15). The van der Waals surface area contributed by atoms with Crippen LogP contribution in [0.1, 0.15) is 43.6 Å². The third-order valence-corrected chi connectivity index (χ3v) is 2.29. The average molecular weight is 235 g/mol. The van der Waals surface area contributed by atoms with Crippen LogP contribution in [0.15, 0.2) is 0 Å². The van der Waals surface area contributed by atoms with E-state index >= 15 is 0 Å². The smallest absolute Gasteiger partial charge is 0.293 e. The molecule has 0 unspecified atom stereocenters. The molecule has 92 valence electrons. The maximum atomic E-state index is 11.9. The van der Waals surface area contributed by atoms with Gasteiger partial charge in [-0.2, -0.15) is 5.26 Å². The molecule has 0 aliphatic heterocycles.